The predicted molar refractivity (Wildman–Crippen MR) is 177 cm³/mol. The zero-order chi connectivity index (χ0) is 31.3. The second-order valence-electron chi connectivity index (χ2n) is 12.7. The van der Waals surface area contributed by atoms with Crippen molar-refractivity contribution in [2.24, 2.45) is 5.41 Å². The van der Waals surface area contributed by atoms with E-state index in [4.69, 9.17) is 4.37 Å². The summed E-state index contributed by atoms with van der Waals surface area (Å²) in [6.07, 6.45) is 1.04. The Morgan fingerprint density at radius 1 is 1.00 bits per heavy atom. The van der Waals surface area contributed by atoms with Crippen molar-refractivity contribution in [3.8, 4) is 0 Å². The van der Waals surface area contributed by atoms with E-state index in [-0.39, 0.29) is 29.3 Å². The zero-order valence-corrected chi connectivity index (χ0v) is 26.0. The van der Waals surface area contributed by atoms with E-state index in [1.54, 1.807) is 12.1 Å². The van der Waals surface area contributed by atoms with Crippen LogP contribution in [0.15, 0.2) is 84.1 Å². The second-order valence-corrected chi connectivity index (χ2v) is 13.5. The van der Waals surface area contributed by atoms with E-state index < -0.39 is 11.0 Å². The van der Waals surface area contributed by atoms with Crippen molar-refractivity contribution in [3.05, 3.63) is 99.7 Å². The van der Waals surface area contributed by atoms with Crippen LogP contribution in [0.3, 0.4) is 0 Å². The number of piperazine rings is 1. The highest BCUT2D eigenvalue weighted by molar-refractivity contribution is 7.13. The van der Waals surface area contributed by atoms with Crippen molar-refractivity contribution >= 4 is 56.2 Å². The molecule has 7 rings (SSSR count). The van der Waals surface area contributed by atoms with Crippen molar-refractivity contribution in [1.29, 1.82) is 0 Å². The van der Waals surface area contributed by atoms with Gasteiger partial charge in [0.05, 0.1) is 33.6 Å². The van der Waals surface area contributed by atoms with E-state index in [2.05, 4.69) is 36.2 Å². The number of allylic oxidation sites excluding steroid dienone is 1. The minimum atomic E-state index is -0.591. The van der Waals surface area contributed by atoms with E-state index in [0.29, 0.717) is 44.6 Å². The van der Waals surface area contributed by atoms with Crippen LogP contribution in [-0.4, -0.2) is 58.6 Å². The summed E-state index contributed by atoms with van der Waals surface area (Å²) in [6, 6.07) is 21.8. The van der Waals surface area contributed by atoms with Crippen molar-refractivity contribution in [1.82, 2.24) is 9.27 Å². The minimum Gasteiger partial charge on any atom is -0.357 e. The first kappa shape index (κ1) is 29.0. The molecule has 0 bridgehead atoms. The lowest BCUT2D eigenvalue weighted by molar-refractivity contribution is -0.384. The summed E-state index contributed by atoms with van der Waals surface area (Å²) >= 11 is 1.49. The molecular formula is C34H34N6O4S. The molecule has 11 heteroatoms. The quantitative estimate of drug-likeness (QED) is 0.208. The zero-order valence-electron chi connectivity index (χ0n) is 25.2. The van der Waals surface area contributed by atoms with Gasteiger partial charge in [0.2, 0.25) is 5.91 Å². The Morgan fingerprint density at radius 3 is 2.47 bits per heavy atom. The molecule has 0 saturated carbocycles. The lowest BCUT2D eigenvalue weighted by Gasteiger charge is -2.40. The van der Waals surface area contributed by atoms with Gasteiger partial charge < -0.3 is 20.0 Å². The molecule has 1 atom stereocenters. The van der Waals surface area contributed by atoms with E-state index in [0.717, 1.165) is 38.5 Å². The van der Waals surface area contributed by atoms with E-state index in [9.17, 15) is 19.7 Å². The van der Waals surface area contributed by atoms with Crippen LogP contribution in [0.1, 0.15) is 38.3 Å². The molecule has 2 aliphatic heterocycles. The summed E-state index contributed by atoms with van der Waals surface area (Å²) < 4.78 is 5.85. The maximum absolute atomic E-state index is 14.1. The number of carbonyl (C=O) groups excluding carboxylic acids is 2. The molecule has 0 spiro atoms. The fourth-order valence-electron chi connectivity index (χ4n) is 6.87. The molecule has 4 aromatic rings. The highest BCUT2D eigenvalue weighted by atomic mass is 32.1. The van der Waals surface area contributed by atoms with Gasteiger partial charge in [-0.1, -0.05) is 38.1 Å². The highest BCUT2D eigenvalue weighted by Gasteiger charge is 2.42. The summed E-state index contributed by atoms with van der Waals surface area (Å²) in [5, 5.41) is 16.2. The number of hydrogen-bond acceptors (Lipinski definition) is 9. The summed E-state index contributed by atoms with van der Waals surface area (Å²) in [7, 11) is 0. The number of nitro groups is 1. The Labute approximate surface area is 265 Å². The second kappa shape index (κ2) is 11.3. The number of para-hydroxylation sites is 2. The van der Waals surface area contributed by atoms with Crippen molar-refractivity contribution in [2.75, 3.05) is 47.8 Å². The summed E-state index contributed by atoms with van der Waals surface area (Å²) in [5.74, 6) is 0.949. The average molecular weight is 623 g/mol. The number of nitrogens with one attached hydrogen (secondary N) is 1. The molecule has 3 heterocycles. The van der Waals surface area contributed by atoms with Gasteiger partial charge in [-0.25, -0.2) is 0 Å². The monoisotopic (exact) mass is 622 g/mol. The Kier molecular flexibility index (Phi) is 7.27. The number of Topliss-reactive ketones (excluding diaryl/α,β-unsaturated/α-hetero) is 1. The number of non-ortho nitro benzene ring substituents is 1. The molecule has 1 aliphatic carbocycles. The van der Waals surface area contributed by atoms with Crippen molar-refractivity contribution in [2.45, 2.75) is 32.7 Å². The van der Waals surface area contributed by atoms with Crippen LogP contribution in [0, 0.1) is 15.5 Å². The summed E-state index contributed by atoms with van der Waals surface area (Å²) in [4.78, 5) is 45.2. The fraction of sp³-hybridized carbons (Fsp3) is 0.324. The number of benzene rings is 3. The van der Waals surface area contributed by atoms with Crippen LogP contribution in [0.4, 0.5) is 22.9 Å². The van der Waals surface area contributed by atoms with Crippen molar-refractivity contribution < 1.29 is 14.5 Å². The van der Waals surface area contributed by atoms with Crippen molar-refractivity contribution in [3.63, 3.8) is 0 Å². The van der Waals surface area contributed by atoms with Crippen LogP contribution in [0.25, 0.3) is 10.1 Å². The number of nitro benzene ring substituents is 1. The number of aromatic nitrogens is 1. The van der Waals surface area contributed by atoms with Crippen LogP contribution >= 0.6 is 11.5 Å². The normalized spacial score (nSPS) is 19.6. The molecule has 3 aliphatic rings. The van der Waals surface area contributed by atoms with E-state index in [1.807, 2.05) is 46.2 Å². The van der Waals surface area contributed by atoms with E-state index >= 15 is 0 Å². The molecule has 230 valence electrons. The Hall–Kier alpha value is -4.77. The minimum absolute atomic E-state index is 0.0199. The molecule has 3 aromatic carbocycles. The van der Waals surface area contributed by atoms with Crippen LogP contribution in [0.2, 0.25) is 0 Å². The smallest absolute Gasteiger partial charge is 0.269 e. The van der Waals surface area contributed by atoms with Crippen LogP contribution < -0.4 is 15.1 Å². The lowest BCUT2D eigenvalue weighted by Crippen LogP contribution is -2.52. The number of carbonyl (C=O) groups is 2. The fourth-order valence-corrected chi connectivity index (χ4v) is 7.66. The first-order valence-electron chi connectivity index (χ1n) is 15.2. The first-order chi connectivity index (χ1) is 21.7. The van der Waals surface area contributed by atoms with Gasteiger partial charge >= 0.3 is 0 Å². The Bertz CT molecular complexity index is 1840. The molecular weight excluding hydrogens is 588 g/mol. The van der Waals surface area contributed by atoms with Crippen LogP contribution in [0.5, 0.6) is 0 Å². The molecule has 10 nitrogen and oxygen atoms in total. The molecule has 1 saturated heterocycles. The van der Waals surface area contributed by atoms with Gasteiger partial charge in [0.1, 0.15) is 5.82 Å². The van der Waals surface area contributed by atoms with E-state index in [1.165, 1.54) is 23.7 Å². The van der Waals surface area contributed by atoms with Gasteiger partial charge in [0.25, 0.3) is 5.69 Å². The number of fused-ring (bicyclic) bond motifs is 2. The number of rotatable bonds is 5. The maximum atomic E-state index is 14.1. The topological polar surface area (TPSA) is 112 Å². The SMILES string of the molecule is CC1(C)CC(=O)C2=C(C1)Nc1ccccc1N(CC(=O)N1CCN(c3nsc4ccccc34)CC1)C2c1ccc([N+](=O)[O-])cc1. The van der Waals surface area contributed by atoms with Gasteiger partial charge in [0, 0.05) is 61.4 Å². The van der Waals surface area contributed by atoms with Gasteiger partial charge in [-0.3, -0.25) is 19.7 Å². The average Bonchev–Trinajstić information content (AvgIpc) is 3.40. The predicted octanol–water partition coefficient (Wildman–Crippen LogP) is 6.17. The molecule has 1 amide bonds. The third kappa shape index (κ3) is 5.41. The number of nitrogens with zero attached hydrogens (tertiary/aromatic N) is 5. The highest BCUT2D eigenvalue weighted by Crippen LogP contribution is 2.48. The Balaban J connectivity index is 1.22. The summed E-state index contributed by atoms with van der Waals surface area (Å²) in [5.41, 5.74) is 3.57. The third-order valence-electron chi connectivity index (χ3n) is 9.02. The summed E-state index contributed by atoms with van der Waals surface area (Å²) in [6.45, 7) is 6.68. The number of hydrogen-bond donors (Lipinski definition) is 1. The molecule has 1 N–H and O–H groups in total. The van der Waals surface area contributed by atoms with Gasteiger partial charge in [-0.2, -0.15) is 4.37 Å². The number of amides is 1. The number of ketones is 1. The molecule has 1 aromatic heterocycles. The molecule has 0 radical (unpaired) electrons. The van der Waals surface area contributed by atoms with Gasteiger partial charge in [0.15, 0.2) is 5.78 Å². The largest absolute Gasteiger partial charge is 0.357 e. The molecule has 1 unspecified atom stereocenters. The first-order valence-corrected chi connectivity index (χ1v) is 16.0. The van der Waals surface area contributed by atoms with Gasteiger partial charge in [-0.05, 0) is 65.3 Å². The third-order valence-corrected chi connectivity index (χ3v) is 9.84. The van der Waals surface area contributed by atoms with Gasteiger partial charge in [-0.15, -0.1) is 0 Å². The lowest BCUT2D eigenvalue weighted by atomic mass is 9.73. The van der Waals surface area contributed by atoms with Crippen LogP contribution in [-0.2, 0) is 9.59 Å². The number of anilines is 3. The maximum Gasteiger partial charge on any atom is 0.269 e. The molecule has 1 fully saturated rings. The Morgan fingerprint density at radius 2 is 1.71 bits per heavy atom. The molecule has 45 heavy (non-hydrogen) atoms. The standard InChI is InChI=1S/C34H34N6O4S/c1-34(2)19-26-31(28(41)20-34)32(22-11-13-23(14-12-22)40(43)44)39(27-9-5-4-8-25(27)35-26)21-30(42)37-15-17-38(18-16-37)33-24-7-3-6-10-29(24)45-36-33/h3-14,32,35H,15-21H2,1-2H3.